The van der Waals surface area contributed by atoms with E-state index in [-0.39, 0.29) is 0 Å². The molecule has 0 saturated carbocycles. The number of halogens is 5. The summed E-state index contributed by atoms with van der Waals surface area (Å²) in [5, 5.41) is 0. The van der Waals surface area contributed by atoms with Gasteiger partial charge in [0.05, 0.1) is 4.47 Å². The molecule has 0 fully saturated rings. The lowest BCUT2D eigenvalue weighted by Crippen LogP contribution is -2.18. The topological polar surface area (TPSA) is 22.1 Å². The van der Waals surface area contributed by atoms with Gasteiger partial charge in [-0.1, -0.05) is 0 Å². The largest absolute Gasteiger partial charge is 0.574 e. The molecule has 0 unspecified atom stereocenters. The van der Waals surface area contributed by atoms with E-state index in [1.54, 1.807) is 6.92 Å². The van der Waals surface area contributed by atoms with E-state index < -0.39 is 12.2 Å². The van der Waals surface area contributed by atoms with E-state index in [1.807, 2.05) is 22.6 Å². The second-order valence-corrected chi connectivity index (χ2v) is 4.24. The third kappa shape index (κ3) is 3.26. The minimum Gasteiger partial charge on any atom is -0.388 e. The zero-order valence-electron chi connectivity index (χ0n) is 6.82. The van der Waals surface area contributed by atoms with Crippen molar-refractivity contribution in [3.63, 3.8) is 0 Å². The molecule has 0 aliphatic heterocycles. The second-order valence-electron chi connectivity index (χ2n) is 2.43. The molecule has 0 N–H and O–H groups in total. The normalized spacial score (nSPS) is 11.6. The highest BCUT2D eigenvalue weighted by molar-refractivity contribution is 14.1. The van der Waals surface area contributed by atoms with Crippen molar-refractivity contribution < 1.29 is 17.9 Å². The average Bonchev–Trinajstić information content (AvgIpc) is 1.96. The first-order valence-electron chi connectivity index (χ1n) is 3.38. The molecular weight excluding hydrogens is 378 g/mol. The Bertz CT molecular complexity index is 332. The Morgan fingerprint density at radius 3 is 2.50 bits per heavy atom. The summed E-state index contributed by atoms with van der Waals surface area (Å²) in [5.74, 6) is -0.442. The molecule has 0 saturated heterocycles. The summed E-state index contributed by atoms with van der Waals surface area (Å²) in [6.45, 7) is 1.66. The minimum atomic E-state index is -4.70. The van der Waals surface area contributed by atoms with E-state index >= 15 is 0 Å². The molecule has 2 nitrogen and oxygen atoms in total. The van der Waals surface area contributed by atoms with E-state index in [0.29, 0.717) is 13.7 Å². The van der Waals surface area contributed by atoms with Gasteiger partial charge in [0.15, 0.2) is 0 Å². The molecule has 0 atom stereocenters. The Hall–Kier alpha value is -0.0500. The van der Waals surface area contributed by atoms with Crippen LogP contribution in [0.4, 0.5) is 13.2 Å². The summed E-state index contributed by atoms with van der Waals surface area (Å²) in [6.07, 6.45) is -4.70. The first-order chi connectivity index (χ1) is 6.29. The van der Waals surface area contributed by atoms with Gasteiger partial charge in [0.25, 0.3) is 0 Å². The van der Waals surface area contributed by atoms with Gasteiger partial charge in [-0.2, -0.15) is 0 Å². The molecule has 0 spiro atoms. The van der Waals surface area contributed by atoms with Crippen LogP contribution in [-0.2, 0) is 0 Å². The van der Waals surface area contributed by atoms with Crippen molar-refractivity contribution >= 4 is 38.5 Å². The molecule has 1 aromatic rings. The molecule has 0 amide bonds. The molecule has 0 bridgehead atoms. The van der Waals surface area contributed by atoms with Gasteiger partial charge in [-0.25, -0.2) is 4.98 Å². The van der Waals surface area contributed by atoms with Crippen molar-refractivity contribution in [2.45, 2.75) is 13.3 Å². The number of ether oxygens (including phenoxy) is 1. The smallest absolute Gasteiger partial charge is 0.388 e. The van der Waals surface area contributed by atoms with Gasteiger partial charge in [0.1, 0.15) is 3.70 Å². The van der Waals surface area contributed by atoms with Crippen molar-refractivity contribution in [1.29, 1.82) is 0 Å². The lowest BCUT2D eigenvalue weighted by molar-refractivity contribution is -0.276. The maximum absolute atomic E-state index is 11.8. The number of nitrogens with zero attached hydrogens (tertiary/aromatic N) is 1. The fourth-order valence-electron chi connectivity index (χ4n) is 0.760. The van der Waals surface area contributed by atoms with Gasteiger partial charge in [0.2, 0.25) is 5.88 Å². The molecule has 14 heavy (non-hydrogen) atoms. The number of alkyl halides is 3. The summed E-state index contributed by atoms with van der Waals surface area (Å²) < 4.78 is 40.3. The highest BCUT2D eigenvalue weighted by Gasteiger charge is 2.32. The number of hydrogen-bond donors (Lipinski definition) is 0. The van der Waals surface area contributed by atoms with E-state index in [1.165, 1.54) is 6.07 Å². The molecular formula is C7H4BrF3INO. The molecule has 0 radical (unpaired) electrons. The minimum absolute atomic E-state index is 0.432. The van der Waals surface area contributed by atoms with Crippen LogP contribution >= 0.6 is 38.5 Å². The Kier molecular flexibility index (Phi) is 3.62. The van der Waals surface area contributed by atoms with Crippen LogP contribution in [0.3, 0.4) is 0 Å². The first-order valence-corrected chi connectivity index (χ1v) is 5.25. The predicted octanol–water partition coefficient (Wildman–Crippen LogP) is 3.66. The van der Waals surface area contributed by atoms with Crippen molar-refractivity contribution in [2.75, 3.05) is 0 Å². The van der Waals surface area contributed by atoms with E-state index in [2.05, 4.69) is 25.7 Å². The molecule has 1 rings (SSSR count). The van der Waals surface area contributed by atoms with E-state index in [0.717, 1.165) is 0 Å². The lowest BCUT2D eigenvalue weighted by atomic mass is 10.3. The van der Waals surface area contributed by atoms with Crippen LogP contribution in [0.2, 0.25) is 0 Å². The highest BCUT2D eigenvalue weighted by Crippen LogP contribution is 2.28. The van der Waals surface area contributed by atoms with Gasteiger partial charge in [-0.3, -0.25) is 0 Å². The van der Waals surface area contributed by atoms with Crippen LogP contribution < -0.4 is 4.74 Å². The third-order valence-corrected chi connectivity index (χ3v) is 3.82. The Morgan fingerprint density at radius 2 is 2.07 bits per heavy atom. The Morgan fingerprint density at radius 1 is 1.50 bits per heavy atom. The summed E-state index contributed by atoms with van der Waals surface area (Å²) in [6, 6.07) is 1.22. The van der Waals surface area contributed by atoms with Crippen molar-refractivity contribution in [2.24, 2.45) is 0 Å². The Labute approximate surface area is 100 Å². The number of pyridine rings is 1. The van der Waals surface area contributed by atoms with Gasteiger partial charge in [-0.05, 0) is 51.0 Å². The summed E-state index contributed by atoms with van der Waals surface area (Å²) in [5.41, 5.74) is 0.642. The lowest BCUT2D eigenvalue weighted by Gasteiger charge is -2.09. The molecule has 7 heteroatoms. The molecule has 78 valence electrons. The monoisotopic (exact) mass is 381 g/mol. The quantitative estimate of drug-likeness (QED) is 0.547. The fourth-order valence-corrected chi connectivity index (χ4v) is 1.63. The van der Waals surface area contributed by atoms with Crippen LogP contribution in [0.15, 0.2) is 10.5 Å². The van der Waals surface area contributed by atoms with Crippen LogP contribution in [0.25, 0.3) is 0 Å². The predicted molar refractivity (Wildman–Crippen MR) is 56.1 cm³/mol. The fraction of sp³-hybridized carbons (Fsp3) is 0.286. The molecule has 0 aliphatic carbocycles. The van der Waals surface area contributed by atoms with E-state index in [9.17, 15) is 13.2 Å². The third-order valence-electron chi connectivity index (χ3n) is 1.30. The zero-order chi connectivity index (χ0) is 10.9. The SMILES string of the molecule is Cc1cc(OC(F)(F)F)nc(I)c1Br. The number of rotatable bonds is 1. The summed E-state index contributed by atoms with van der Waals surface area (Å²) in [4.78, 5) is 3.62. The van der Waals surface area contributed by atoms with Crippen molar-refractivity contribution in [1.82, 2.24) is 4.98 Å². The van der Waals surface area contributed by atoms with Gasteiger partial charge >= 0.3 is 6.36 Å². The zero-order valence-corrected chi connectivity index (χ0v) is 10.6. The highest BCUT2D eigenvalue weighted by atomic mass is 127. The van der Waals surface area contributed by atoms with Gasteiger partial charge in [-0.15, -0.1) is 13.2 Å². The summed E-state index contributed by atoms with van der Waals surface area (Å²) >= 11 is 5.01. The molecule has 0 aromatic carbocycles. The second kappa shape index (κ2) is 4.21. The van der Waals surface area contributed by atoms with Crippen LogP contribution in [0, 0.1) is 10.6 Å². The number of aromatic nitrogens is 1. The van der Waals surface area contributed by atoms with Crippen LogP contribution in [0.5, 0.6) is 5.88 Å². The molecule has 1 heterocycles. The van der Waals surface area contributed by atoms with Crippen molar-refractivity contribution in [3.8, 4) is 5.88 Å². The maximum Gasteiger partial charge on any atom is 0.574 e. The van der Waals surface area contributed by atoms with Crippen LogP contribution in [0.1, 0.15) is 5.56 Å². The van der Waals surface area contributed by atoms with Crippen LogP contribution in [-0.4, -0.2) is 11.3 Å². The average molecular weight is 382 g/mol. The van der Waals surface area contributed by atoms with E-state index in [4.69, 9.17) is 0 Å². The number of aryl methyl sites for hydroxylation is 1. The Balaban J connectivity index is 3.02. The maximum atomic E-state index is 11.8. The standard InChI is InChI=1S/C7H4BrF3INO/c1-3-2-4(14-7(9,10)11)13-6(12)5(3)8/h2H,1H3. The number of hydrogen-bond acceptors (Lipinski definition) is 2. The van der Waals surface area contributed by atoms with Gasteiger partial charge < -0.3 is 4.74 Å². The molecule has 1 aromatic heterocycles. The molecule has 0 aliphatic rings. The summed E-state index contributed by atoms with van der Waals surface area (Å²) in [7, 11) is 0. The van der Waals surface area contributed by atoms with Crippen molar-refractivity contribution in [3.05, 3.63) is 19.8 Å². The van der Waals surface area contributed by atoms with Gasteiger partial charge in [0, 0.05) is 6.07 Å². The first kappa shape index (κ1) is 12.0.